The molecule has 0 saturated heterocycles. The van der Waals surface area contributed by atoms with E-state index in [0.29, 0.717) is 35.2 Å². The summed E-state index contributed by atoms with van der Waals surface area (Å²) in [7, 11) is 0. The maximum atomic E-state index is 11.0. The van der Waals surface area contributed by atoms with E-state index in [4.69, 9.17) is 14.5 Å². The van der Waals surface area contributed by atoms with Crippen LogP contribution in [0.25, 0.3) is 0 Å². The quantitative estimate of drug-likeness (QED) is 0.176. The van der Waals surface area contributed by atoms with Crippen molar-refractivity contribution in [3.63, 3.8) is 0 Å². The third-order valence-corrected chi connectivity index (χ3v) is 7.86. The molecule has 2 aromatic carbocycles. The minimum atomic E-state index is -0.423. The van der Waals surface area contributed by atoms with Crippen LogP contribution in [-0.4, -0.2) is 17.7 Å². The van der Waals surface area contributed by atoms with Crippen LogP contribution >= 0.6 is 11.3 Å². The van der Waals surface area contributed by atoms with Crippen LogP contribution in [0.2, 0.25) is 0 Å². The van der Waals surface area contributed by atoms with E-state index in [1.54, 1.807) is 29.7 Å². The second-order valence-electron chi connectivity index (χ2n) is 10.2. The van der Waals surface area contributed by atoms with Gasteiger partial charge in [-0.2, -0.15) is 5.26 Å². The number of non-ortho nitro benzene ring substituents is 1. The van der Waals surface area contributed by atoms with Gasteiger partial charge in [-0.05, 0) is 72.4 Å². The highest BCUT2D eigenvalue weighted by molar-refractivity contribution is 7.16. The Hall–Kier alpha value is -3.70. The van der Waals surface area contributed by atoms with Crippen molar-refractivity contribution >= 4 is 28.2 Å². The number of hydrogen-bond acceptors (Lipinski definition) is 7. The number of nitro groups is 1. The molecule has 0 fully saturated rings. The molecule has 1 aliphatic rings. The standard InChI is InChI=1S/C29H31N3O4S/c1-5-35-26-14-19(9-12-25(26)36-18-20-7-6-8-22(13-20)32(33)34)17-31-28-24(16-30)23-11-10-21(29(2,3)4)15-27(23)37-28/h6-9,12-14,17,21H,5,10-11,15,18H2,1-4H3/t21-/m1/s1. The van der Waals surface area contributed by atoms with Crippen molar-refractivity contribution < 1.29 is 14.4 Å². The van der Waals surface area contributed by atoms with Gasteiger partial charge in [0.25, 0.3) is 5.69 Å². The number of nitrogens with zero attached hydrogens (tertiary/aromatic N) is 3. The molecular weight excluding hydrogens is 486 g/mol. The normalized spacial score (nSPS) is 15.3. The van der Waals surface area contributed by atoms with E-state index in [2.05, 4.69) is 26.8 Å². The molecule has 0 bridgehead atoms. The molecule has 0 spiro atoms. The molecule has 0 aliphatic heterocycles. The number of benzene rings is 2. The lowest BCUT2D eigenvalue weighted by Gasteiger charge is -2.33. The number of rotatable bonds is 8. The first-order chi connectivity index (χ1) is 17.7. The Morgan fingerprint density at radius 3 is 2.73 bits per heavy atom. The summed E-state index contributed by atoms with van der Waals surface area (Å²) in [5, 5.41) is 21.6. The van der Waals surface area contributed by atoms with Crippen LogP contribution in [0.15, 0.2) is 47.5 Å². The number of hydrogen-bond donors (Lipinski definition) is 0. The summed E-state index contributed by atoms with van der Waals surface area (Å²) in [5.74, 6) is 1.71. The van der Waals surface area contributed by atoms with E-state index < -0.39 is 4.92 Å². The highest BCUT2D eigenvalue weighted by Crippen LogP contribution is 2.45. The molecule has 0 amide bonds. The van der Waals surface area contributed by atoms with Gasteiger partial charge in [-0.15, -0.1) is 11.3 Å². The third-order valence-electron chi connectivity index (χ3n) is 6.70. The smallest absolute Gasteiger partial charge is 0.269 e. The van der Waals surface area contributed by atoms with E-state index in [-0.39, 0.29) is 17.7 Å². The molecule has 0 unspecified atom stereocenters. The van der Waals surface area contributed by atoms with E-state index >= 15 is 0 Å². The van der Waals surface area contributed by atoms with Gasteiger partial charge in [0, 0.05) is 23.2 Å². The summed E-state index contributed by atoms with van der Waals surface area (Å²) in [6, 6.07) is 14.3. The number of nitriles is 1. The van der Waals surface area contributed by atoms with Crippen LogP contribution < -0.4 is 9.47 Å². The lowest BCUT2D eigenvalue weighted by atomic mass is 9.72. The molecule has 0 saturated carbocycles. The Labute approximate surface area is 221 Å². The van der Waals surface area contributed by atoms with Gasteiger partial charge in [0.15, 0.2) is 11.5 Å². The number of thiophene rings is 1. The van der Waals surface area contributed by atoms with E-state index in [1.165, 1.54) is 22.6 Å². The minimum Gasteiger partial charge on any atom is -0.490 e. The first kappa shape index (κ1) is 26.4. The van der Waals surface area contributed by atoms with Crippen molar-refractivity contribution in [2.75, 3.05) is 6.61 Å². The van der Waals surface area contributed by atoms with Gasteiger partial charge in [-0.25, -0.2) is 4.99 Å². The first-order valence-electron chi connectivity index (χ1n) is 12.4. The summed E-state index contributed by atoms with van der Waals surface area (Å²) < 4.78 is 11.7. The van der Waals surface area contributed by atoms with Gasteiger partial charge in [0.05, 0.1) is 17.1 Å². The van der Waals surface area contributed by atoms with Crippen molar-refractivity contribution in [1.82, 2.24) is 0 Å². The van der Waals surface area contributed by atoms with Gasteiger partial charge in [0.2, 0.25) is 0 Å². The van der Waals surface area contributed by atoms with Gasteiger partial charge in [-0.3, -0.25) is 10.1 Å². The molecule has 7 nitrogen and oxygen atoms in total. The van der Waals surface area contributed by atoms with Crippen LogP contribution in [0.1, 0.15) is 61.2 Å². The van der Waals surface area contributed by atoms with Crippen LogP contribution in [0.4, 0.5) is 10.7 Å². The van der Waals surface area contributed by atoms with Crippen molar-refractivity contribution in [1.29, 1.82) is 5.26 Å². The Kier molecular flexibility index (Phi) is 7.94. The van der Waals surface area contributed by atoms with Gasteiger partial charge >= 0.3 is 0 Å². The van der Waals surface area contributed by atoms with E-state index in [9.17, 15) is 15.4 Å². The van der Waals surface area contributed by atoms with Crippen LogP contribution in [-0.2, 0) is 19.4 Å². The molecule has 0 radical (unpaired) electrons. The van der Waals surface area contributed by atoms with Crippen molar-refractivity contribution in [3.8, 4) is 17.6 Å². The zero-order valence-electron chi connectivity index (χ0n) is 21.6. The molecule has 37 heavy (non-hydrogen) atoms. The summed E-state index contributed by atoms with van der Waals surface area (Å²) in [5.41, 5.74) is 3.66. The van der Waals surface area contributed by atoms with E-state index in [1.807, 2.05) is 25.1 Å². The first-order valence-corrected chi connectivity index (χ1v) is 13.2. The minimum absolute atomic E-state index is 0.0265. The predicted molar refractivity (Wildman–Crippen MR) is 146 cm³/mol. The SMILES string of the molecule is CCOc1cc(C=Nc2sc3c(c2C#N)CC[C@@H](C(C)(C)C)C3)ccc1OCc1cccc([N+](=O)[O-])c1. The van der Waals surface area contributed by atoms with Crippen molar-refractivity contribution in [3.05, 3.63) is 79.7 Å². The average molecular weight is 518 g/mol. The molecule has 1 atom stereocenters. The Bertz CT molecular complexity index is 1360. The van der Waals surface area contributed by atoms with Gasteiger partial charge < -0.3 is 9.47 Å². The Balaban J connectivity index is 1.53. The molecule has 192 valence electrons. The van der Waals surface area contributed by atoms with Crippen molar-refractivity contribution in [2.24, 2.45) is 16.3 Å². The maximum absolute atomic E-state index is 11.0. The second-order valence-corrected chi connectivity index (χ2v) is 11.3. The number of nitro benzene ring substituents is 1. The zero-order chi connectivity index (χ0) is 26.6. The topological polar surface area (TPSA) is 97.8 Å². The molecule has 0 N–H and O–H groups in total. The average Bonchev–Trinajstić information content (AvgIpc) is 3.23. The lowest BCUT2D eigenvalue weighted by molar-refractivity contribution is -0.384. The van der Waals surface area contributed by atoms with Gasteiger partial charge in [0.1, 0.15) is 17.7 Å². The number of fused-ring (bicyclic) bond motifs is 1. The predicted octanol–water partition coefficient (Wildman–Crippen LogP) is 7.41. The molecule has 1 aliphatic carbocycles. The summed E-state index contributed by atoms with van der Waals surface area (Å²) in [4.78, 5) is 16.6. The summed E-state index contributed by atoms with van der Waals surface area (Å²) >= 11 is 1.63. The molecule has 3 aromatic rings. The largest absolute Gasteiger partial charge is 0.490 e. The summed E-state index contributed by atoms with van der Waals surface area (Å²) in [6.07, 6.45) is 4.78. The highest BCUT2D eigenvalue weighted by atomic mass is 32.1. The number of aliphatic imine (C=N–C) groups is 1. The van der Waals surface area contributed by atoms with Crippen LogP contribution in [0, 0.1) is 32.8 Å². The summed E-state index contributed by atoms with van der Waals surface area (Å²) in [6.45, 7) is 9.38. The molecule has 4 rings (SSSR count). The lowest BCUT2D eigenvalue weighted by Crippen LogP contribution is -2.26. The van der Waals surface area contributed by atoms with Gasteiger partial charge in [-0.1, -0.05) is 32.9 Å². The molecule has 1 heterocycles. The molecule has 8 heteroatoms. The fraction of sp³-hybridized carbons (Fsp3) is 0.379. The second kappa shape index (κ2) is 11.1. The van der Waals surface area contributed by atoms with E-state index in [0.717, 1.165) is 29.8 Å². The number of ether oxygens (including phenoxy) is 2. The van der Waals surface area contributed by atoms with Crippen LogP contribution in [0.3, 0.4) is 0 Å². The molecular formula is C29H31N3O4S. The van der Waals surface area contributed by atoms with Crippen LogP contribution in [0.5, 0.6) is 11.5 Å². The molecule has 1 aromatic heterocycles. The van der Waals surface area contributed by atoms with Crippen molar-refractivity contribution in [2.45, 2.75) is 53.6 Å². The monoisotopic (exact) mass is 517 g/mol. The Morgan fingerprint density at radius 1 is 1.22 bits per heavy atom. The Morgan fingerprint density at radius 2 is 2.03 bits per heavy atom. The fourth-order valence-corrected chi connectivity index (χ4v) is 5.79. The third kappa shape index (κ3) is 6.17. The maximum Gasteiger partial charge on any atom is 0.269 e. The fourth-order valence-electron chi connectivity index (χ4n) is 4.56. The zero-order valence-corrected chi connectivity index (χ0v) is 22.4. The highest BCUT2D eigenvalue weighted by Gasteiger charge is 2.32.